The molecule has 1 N–H and O–H groups in total. The molecule has 2 heterocycles. The van der Waals surface area contributed by atoms with E-state index in [2.05, 4.69) is 28.5 Å². The molecule has 2 aromatic heterocycles. The van der Waals surface area contributed by atoms with Crippen molar-refractivity contribution in [2.24, 2.45) is 0 Å². The highest BCUT2D eigenvalue weighted by Crippen LogP contribution is 2.21. The van der Waals surface area contributed by atoms with E-state index in [4.69, 9.17) is 11.6 Å². The van der Waals surface area contributed by atoms with Crippen LogP contribution in [0.5, 0.6) is 0 Å². The van der Waals surface area contributed by atoms with E-state index in [1.807, 2.05) is 18.5 Å². The van der Waals surface area contributed by atoms with Crippen LogP contribution in [0.3, 0.4) is 0 Å². The fourth-order valence-electron chi connectivity index (χ4n) is 1.60. The smallest absolute Gasteiger partial charge is 0.0931 e. The zero-order chi connectivity index (χ0) is 11.9. The van der Waals surface area contributed by atoms with Crippen LogP contribution in [0.4, 0.5) is 0 Å². The maximum Gasteiger partial charge on any atom is 0.0931 e. The predicted octanol–water partition coefficient (Wildman–Crippen LogP) is 3.17. The molecule has 0 amide bonds. The minimum absolute atomic E-state index is 0.872. The van der Waals surface area contributed by atoms with Crippen molar-refractivity contribution in [2.75, 3.05) is 13.1 Å². The molecule has 0 fully saturated rings. The molecule has 90 valence electrons. The topological polar surface area (TPSA) is 24.9 Å². The van der Waals surface area contributed by atoms with Crippen molar-refractivity contribution in [3.63, 3.8) is 0 Å². The summed E-state index contributed by atoms with van der Waals surface area (Å²) in [6, 6.07) is 8.16. The first kappa shape index (κ1) is 12.6. The summed E-state index contributed by atoms with van der Waals surface area (Å²) in [5.41, 5.74) is 1.33. The number of hydrogen-bond acceptors (Lipinski definition) is 3. The average Bonchev–Trinajstić information content (AvgIpc) is 2.76. The van der Waals surface area contributed by atoms with E-state index in [1.165, 1.54) is 10.4 Å². The van der Waals surface area contributed by atoms with Gasteiger partial charge in [-0.25, -0.2) is 0 Å². The van der Waals surface area contributed by atoms with Gasteiger partial charge in [0.15, 0.2) is 0 Å². The van der Waals surface area contributed by atoms with Crippen LogP contribution < -0.4 is 5.32 Å². The lowest BCUT2D eigenvalue weighted by atomic mass is 10.2. The zero-order valence-electron chi connectivity index (χ0n) is 9.53. The summed E-state index contributed by atoms with van der Waals surface area (Å²) in [7, 11) is 0. The van der Waals surface area contributed by atoms with Crippen LogP contribution in [0, 0.1) is 0 Å². The molecule has 2 rings (SSSR count). The Hall–Kier alpha value is -0.900. The predicted molar refractivity (Wildman–Crippen MR) is 73.8 cm³/mol. The fourth-order valence-corrected chi connectivity index (χ4v) is 2.69. The second-order valence-corrected chi connectivity index (χ2v) is 5.61. The van der Waals surface area contributed by atoms with E-state index in [9.17, 15) is 0 Å². The molecule has 0 aliphatic carbocycles. The highest BCUT2D eigenvalue weighted by atomic mass is 35.5. The molecular formula is C13H15ClN2S. The van der Waals surface area contributed by atoms with Crippen molar-refractivity contribution < 1.29 is 0 Å². The Kier molecular flexibility index (Phi) is 4.98. The van der Waals surface area contributed by atoms with Gasteiger partial charge in [-0.3, -0.25) is 4.98 Å². The van der Waals surface area contributed by atoms with Gasteiger partial charge in [-0.05, 0) is 55.8 Å². The number of aromatic nitrogens is 1. The Balaban J connectivity index is 1.61. The summed E-state index contributed by atoms with van der Waals surface area (Å²) < 4.78 is 0.872. The minimum atomic E-state index is 0.872. The standard InChI is InChI=1S/C13H15ClN2S/c14-13-2-1-12(17-13)6-10-16-9-5-11-3-7-15-8-4-11/h1-4,7-8,16H,5-6,9-10H2. The van der Waals surface area contributed by atoms with Gasteiger partial charge < -0.3 is 5.32 Å². The molecule has 0 unspecified atom stereocenters. The van der Waals surface area contributed by atoms with Crippen molar-refractivity contribution >= 4 is 22.9 Å². The van der Waals surface area contributed by atoms with Crippen LogP contribution >= 0.6 is 22.9 Å². The van der Waals surface area contributed by atoms with Crippen molar-refractivity contribution in [1.29, 1.82) is 0 Å². The first-order valence-electron chi connectivity index (χ1n) is 5.68. The monoisotopic (exact) mass is 266 g/mol. The third kappa shape index (κ3) is 4.46. The number of nitrogens with one attached hydrogen (secondary N) is 1. The van der Waals surface area contributed by atoms with Crippen LogP contribution in [0.25, 0.3) is 0 Å². The Bertz CT molecular complexity index is 442. The van der Waals surface area contributed by atoms with Crippen LogP contribution in [0.2, 0.25) is 4.34 Å². The number of halogens is 1. The zero-order valence-corrected chi connectivity index (χ0v) is 11.1. The van der Waals surface area contributed by atoms with Crippen LogP contribution in [0.15, 0.2) is 36.7 Å². The summed E-state index contributed by atoms with van der Waals surface area (Å²) in [5, 5.41) is 3.43. The van der Waals surface area contributed by atoms with Gasteiger partial charge in [-0.15, -0.1) is 11.3 Å². The molecule has 0 aliphatic heterocycles. The fraction of sp³-hybridized carbons (Fsp3) is 0.308. The number of thiophene rings is 1. The third-order valence-electron chi connectivity index (χ3n) is 2.52. The molecule has 0 radical (unpaired) electrons. The van der Waals surface area contributed by atoms with E-state index in [-0.39, 0.29) is 0 Å². The lowest BCUT2D eigenvalue weighted by Gasteiger charge is -2.03. The van der Waals surface area contributed by atoms with Crippen molar-refractivity contribution in [2.45, 2.75) is 12.8 Å². The van der Waals surface area contributed by atoms with E-state index in [1.54, 1.807) is 11.3 Å². The van der Waals surface area contributed by atoms with Crippen molar-refractivity contribution in [3.8, 4) is 0 Å². The maximum atomic E-state index is 5.87. The van der Waals surface area contributed by atoms with Crippen molar-refractivity contribution in [3.05, 3.63) is 51.4 Å². The highest BCUT2D eigenvalue weighted by molar-refractivity contribution is 7.16. The second kappa shape index (κ2) is 6.74. The van der Waals surface area contributed by atoms with Gasteiger partial charge in [-0.1, -0.05) is 11.6 Å². The van der Waals surface area contributed by atoms with E-state index in [0.29, 0.717) is 0 Å². The maximum absolute atomic E-state index is 5.87. The quantitative estimate of drug-likeness (QED) is 0.813. The van der Waals surface area contributed by atoms with Gasteiger partial charge in [0.2, 0.25) is 0 Å². The Morgan fingerprint density at radius 3 is 2.53 bits per heavy atom. The Labute approximate surface area is 111 Å². The average molecular weight is 267 g/mol. The molecule has 0 atom stereocenters. The Morgan fingerprint density at radius 1 is 1.06 bits per heavy atom. The second-order valence-electron chi connectivity index (χ2n) is 3.81. The number of rotatable bonds is 6. The molecule has 2 aromatic rings. The SMILES string of the molecule is Clc1ccc(CCNCCc2ccncc2)s1. The summed E-state index contributed by atoms with van der Waals surface area (Å²) in [6.45, 7) is 2.01. The first-order valence-corrected chi connectivity index (χ1v) is 6.88. The van der Waals surface area contributed by atoms with Gasteiger partial charge in [-0.2, -0.15) is 0 Å². The third-order valence-corrected chi connectivity index (χ3v) is 3.81. The van der Waals surface area contributed by atoms with E-state index < -0.39 is 0 Å². The van der Waals surface area contributed by atoms with Gasteiger partial charge in [0.05, 0.1) is 4.34 Å². The van der Waals surface area contributed by atoms with Crippen LogP contribution in [-0.4, -0.2) is 18.1 Å². The normalized spacial score (nSPS) is 10.6. The first-order chi connectivity index (χ1) is 8.34. The van der Waals surface area contributed by atoms with E-state index >= 15 is 0 Å². The lowest BCUT2D eigenvalue weighted by molar-refractivity contribution is 0.684. The van der Waals surface area contributed by atoms with Crippen LogP contribution in [0.1, 0.15) is 10.4 Å². The molecule has 0 bridgehead atoms. The van der Waals surface area contributed by atoms with Crippen LogP contribution in [-0.2, 0) is 12.8 Å². The summed E-state index contributed by atoms with van der Waals surface area (Å²) >= 11 is 7.53. The molecule has 0 saturated heterocycles. The van der Waals surface area contributed by atoms with Crippen molar-refractivity contribution in [1.82, 2.24) is 10.3 Å². The minimum Gasteiger partial charge on any atom is -0.316 e. The number of hydrogen-bond donors (Lipinski definition) is 1. The molecule has 0 aromatic carbocycles. The van der Waals surface area contributed by atoms with Gasteiger partial charge in [0.1, 0.15) is 0 Å². The molecule has 0 aliphatic rings. The Morgan fingerprint density at radius 2 is 1.82 bits per heavy atom. The van der Waals surface area contributed by atoms with Gasteiger partial charge >= 0.3 is 0 Å². The molecule has 17 heavy (non-hydrogen) atoms. The molecular weight excluding hydrogens is 252 g/mol. The molecule has 4 heteroatoms. The summed E-state index contributed by atoms with van der Waals surface area (Å²) in [4.78, 5) is 5.34. The summed E-state index contributed by atoms with van der Waals surface area (Å²) in [6.07, 6.45) is 5.77. The van der Waals surface area contributed by atoms with E-state index in [0.717, 1.165) is 30.3 Å². The lowest BCUT2D eigenvalue weighted by Crippen LogP contribution is -2.19. The molecule has 0 spiro atoms. The van der Waals surface area contributed by atoms with Gasteiger partial charge in [0.25, 0.3) is 0 Å². The largest absolute Gasteiger partial charge is 0.316 e. The highest BCUT2D eigenvalue weighted by Gasteiger charge is 1.97. The molecule has 2 nitrogen and oxygen atoms in total. The van der Waals surface area contributed by atoms with Gasteiger partial charge in [0, 0.05) is 17.3 Å². The number of pyridine rings is 1. The summed E-state index contributed by atoms with van der Waals surface area (Å²) in [5.74, 6) is 0. The number of nitrogens with zero attached hydrogens (tertiary/aromatic N) is 1. The molecule has 0 saturated carbocycles.